The Balaban J connectivity index is 1.44. The van der Waals surface area contributed by atoms with Gasteiger partial charge in [0.2, 0.25) is 0 Å². The zero-order valence-electron chi connectivity index (χ0n) is 19.0. The van der Waals surface area contributed by atoms with Crippen molar-refractivity contribution in [3.63, 3.8) is 0 Å². The van der Waals surface area contributed by atoms with E-state index in [9.17, 15) is 23.1 Å². The molecule has 3 aromatic rings. The number of amides is 1. The molecule has 0 aliphatic carbocycles. The summed E-state index contributed by atoms with van der Waals surface area (Å²) in [6, 6.07) is 4.96. The van der Waals surface area contributed by atoms with E-state index in [-0.39, 0.29) is 25.3 Å². The fourth-order valence-electron chi connectivity index (χ4n) is 4.67. The van der Waals surface area contributed by atoms with Crippen molar-refractivity contribution in [2.75, 3.05) is 43.0 Å². The highest BCUT2D eigenvalue weighted by Crippen LogP contribution is 2.39. The average Bonchev–Trinajstić information content (AvgIpc) is 3.42. The number of nitrogens with zero attached hydrogens (tertiary/aromatic N) is 5. The van der Waals surface area contributed by atoms with Crippen LogP contribution in [-0.4, -0.2) is 81.6 Å². The van der Waals surface area contributed by atoms with E-state index in [4.69, 9.17) is 4.74 Å². The number of hydrogen-bond acceptors (Lipinski definition) is 7. The van der Waals surface area contributed by atoms with Crippen LogP contribution in [0.2, 0.25) is 0 Å². The Hall–Kier alpha value is -3.38. The number of halogens is 3. The minimum atomic E-state index is -4.27. The molecule has 0 radical (unpaired) electrons. The SMILES string of the molecule is C[C@H]1CN(c2cc3c(cc2NC(=O)c2cnn4cccnc24)CC(CO)O3)CCN1CC(F)(F)F. The summed E-state index contributed by atoms with van der Waals surface area (Å²) in [6.45, 7) is 1.57. The highest BCUT2D eigenvalue weighted by Gasteiger charge is 2.36. The van der Waals surface area contributed by atoms with Crippen LogP contribution in [0.1, 0.15) is 22.8 Å². The van der Waals surface area contributed by atoms with E-state index in [0.29, 0.717) is 47.8 Å². The summed E-state index contributed by atoms with van der Waals surface area (Å²) >= 11 is 0. The normalized spacial score (nSPS) is 20.7. The predicted octanol–water partition coefficient (Wildman–Crippen LogP) is 2.35. The molecule has 2 atom stereocenters. The first-order valence-electron chi connectivity index (χ1n) is 11.3. The molecule has 35 heavy (non-hydrogen) atoms. The van der Waals surface area contributed by atoms with E-state index >= 15 is 0 Å². The van der Waals surface area contributed by atoms with Crippen molar-refractivity contribution in [2.45, 2.75) is 31.7 Å². The zero-order valence-corrected chi connectivity index (χ0v) is 19.0. The summed E-state index contributed by atoms with van der Waals surface area (Å²) in [5.74, 6) is 0.196. The molecule has 2 aromatic heterocycles. The number of piperazine rings is 1. The summed E-state index contributed by atoms with van der Waals surface area (Å²) in [4.78, 5) is 20.8. The third-order valence-corrected chi connectivity index (χ3v) is 6.38. The van der Waals surface area contributed by atoms with E-state index < -0.39 is 18.6 Å². The Labute approximate surface area is 199 Å². The molecule has 2 N–H and O–H groups in total. The number of anilines is 2. The summed E-state index contributed by atoms with van der Waals surface area (Å²) in [5, 5.41) is 16.6. The van der Waals surface area contributed by atoms with Gasteiger partial charge in [-0.3, -0.25) is 9.69 Å². The molecule has 4 heterocycles. The molecule has 1 aromatic carbocycles. The van der Waals surface area contributed by atoms with Crippen molar-refractivity contribution < 1.29 is 27.8 Å². The monoisotopic (exact) mass is 490 g/mol. The standard InChI is InChI=1S/C23H25F3N6O3/c1-14-11-30(5-6-31(14)13-23(24,25)26)19-9-20-15(7-16(12-33)35-20)8-18(19)29-22(34)17-10-28-32-4-2-3-27-21(17)32/h2-4,8-10,14,16,33H,5-7,11-13H2,1H3,(H,29,34)/t14-,16?/m0/s1. The topological polar surface area (TPSA) is 95.2 Å². The van der Waals surface area contributed by atoms with Crippen LogP contribution in [0.25, 0.3) is 5.65 Å². The van der Waals surface area contributed by atoms with Crippen LogP contribution in [0, 0.1) is 0 Å². The molecular formula is C23H25F3N6O3. The van der Waals surface area contributed by atoms with Gasteiger partial charge in [0, 0.05) is 56.1 Å². The molecule has 2 aliphatic rings. The Morgan fingerprint density at radius 3 is 2.89 bits per heavy atom. The summed E-state index contributed by atoms with van der Waals surface area (Å²) in [7, 11) is 0. The molecule has 9 nitrogen and oxygen atoms in total. The van der Waals surface area contributed by atoms with E-state index in [2.05, 4.69) is 15.4 Å². The maximum atomic E-state index is 13.2. The second kappa shape index (κ2) is 9.00. The summed E-state index contributed by atoms with van der Waals surface area (Å²) in [5.41, 5.74) is 2.71. The third-order valence-electron chi connectivity index (χ3n) is 6.38. The van der Waals surface area contributed by atoms with Gasteiger partial charge in [0.25, 0.3) is 5.91 Å². The summed E-state index contributed by atoms with van der Waals surface area (Å²) in [6.07, 6.45) is 0.543. The van der Waals surface area contributed by atoms with Crippen molar-refractivity contribution in [1.82, 2.24) is 19.5 Å². The van der Waals surface area contributed by atoms with Crippen LogP contribution in [-0.2, 0) is 6.42 Å². The third kappa shape index (κ3) is 4.76. The van der Waals surface area contributed by atoms with E-state index in [1.807, 2.05) is 11.0 Å². The second-order valence-corrected chi connectivity index (χ2v) is 8.88. The van der Waals surface area contributed by atoms with Crippen LogP contribution in [0.15, 0.2) is 36.8 Å². The van der Waals surface area contributed by atoms with Gasteiger partial charge in [-0.15, -0.1) is 0 Å². The fraction of sp³-hybridized carbons (Fsp3) is 0.435. The number of rotatable bonds is 5. The maximum absolute atomic E-state index is 13.2. The van der Waals surface area contributed by atoms with Crippen molar-refractivity contribution in [1.29, 1.82) is 0 Å². The molecule has 12 heteroatoms. The van der Waals surface area contributed by atoms with Gasteiger partial charge in [-0.25, -0.2) is 9.50 Å². The van der Waals surface area contributed by atoms with Crippen molar-refractivity contribution in [3.8, 4) is 5.75 Å². The Kier molecular flexibility index (Phi) is 6.01. The number of carbonyl (C=O) groups is 1. The van der Waals surface area contributed by atoms with E-state index in [0.717, 1.165) is 5.56 Å². The van der Waals surface area contributed by atoms with Gasteiger partial charge < -0.3 is 20.1 Å². The highest BCUT2D eigenvalue weighted by molar-refractivity contribution is 6.09. The largest absolute Gasteiger partial charge is 0.487 e. The molecule has 186 valence electrons. The average molecular weight is 490 g/mol. The maximum Gasteiger partial charge on any atom is 0.401 e. The number of hydrogen-bond donors (Lipinski definition) is 2. The lowest BCUT2D eigenvalue weighted by Crippen LogP contribution is -2.54. The Bertz CT molecular complexity index is 1250. The molecule has 2 aliphatic heterocycles. The lowest BCUT2D eigenvalue weighted by molar-refractivity contribution is -0.150. The van der Waals surface area contributed by atoms with Crippen LogP contribution in [0.5, 0.6) is 5.75 Å². The second-order valence-electron chi connectivity index (χ2n) is 8.88. The van der Waals surface area contributed by atoms with Crippen LogP contribution < -0.4 is 15.0 Å². The first kappa shape index (κ1) is 23.4. The molecular weight excluding hydrogens is 465 g/mol. The van der Waals surface area contributed by atoms with Crippen molar-refractivity contribution >= 4 is 22.9 Å². The Morgan fingerprint density at radius 2 is 2.14 bits per heavy atom. The van der Waals surface area contributed by atoms with Gasteiger partial charge in [-0.2, -0.15) is 18.3 Å². The van der Waals surface area contributed by atoms with Gasteiger partial charge in [0.15, 0.2) is 5.65 Å². The minimum absolute atomic E-state index is 0.146. The molecule has 1 unspecified atom stereocenters. The van der Waals surface area contributed by atoms with Gasteiger partial charge in [0.1, 0.15) is 17.4 Å². The number of nitrogens with one attached hydrogen (secondary N) is 1. The molecule has 1 saturated heterocycles. The lowest BCUT2D eigenvalue weighted by Gasteiger charge is -2.41. The number of benzene rings is 1. The van der Waals surface area contributed by atoms with Crippen LogP contribution >= 0.6 is 0 Å². The first-order chi connectivity index (χ1) is 16.7. The lowest BCUT2D eigenvalue weighted by atomic mass is 10.1. The van der Waals surface area contributed by atoms with E-state index in [1.54, 1.807) is 31.5 Å². The zero-order chi connectivity index (χ0) is 24.7. The van der Waals surface area contributed by atoms with Gasteiger partial charge >= 0.3 is 6.18 Å². The number of ether oxygens (including phenoxy) is 1. The molecule has 1 fully saturated rings. The molecule has 5 rings (SSSR count). The van der Waals surface area contributed by atoms with E-state index in [1.165, 1.54) is 15.6 Å². The van der Waals surface area contributed by atoms with Crippen LogP contribution in [0.3, 0.4) is 0 Å². The number of carbonyl (C=O) groups excluding carboxylic acids is 1. The first-order valence-corrected chi connectivity index (χ1v) is 11.3. The number of fused-ring (bicyclic) bond motifs is 2. The predicted molar refractivity (Wildman–Crippen MR) is 122 cm³/mol. The smallest absolute Gasteiger partial charge is 0.401 e. The van der Waals surface area contributed by atoms with Gasteiger partial charge in [-0.05, 0) is 19.1 Å². The molecule has 0 bridgehead atoms. The summed E-state index contributed by atoms with van der Waals surface area (Å²) < 4.78 is 46.2. The highest BCUT2D eigenvalue weighted by atomic mass is 19.4. The number of aliphatic hydroxyl groups is 1. The molecule has 0 saturated carbocycles. The van der Waals surface area contributed by atoms with Gasteiger partial charge in [-0.1, -0.05) is 0 Å². The quantitative estimate of drug-likeness (QED) is 0.567. The van der Waals surface area contributed by atoms with Gasteiger partial charge in [0.05, 0.1) is 30.7 Å². The molecule has 1 amide bonds. The van der Waals surface area contributed by atoms with Crippen molar-refractivity contribution in [3.05, 3.63) is 47.9 Å². The number of alkyl halides is 3. The Morgan fingerprint density at radius 1 is 1.31 bits per heavy atom. The van der Waals surface area contributed by atoms with Crippen LogP contribution in [0.4, 0.5) is 24.5 Å². The van der Waals surface area contributed by atoms with Crippen molar-refractivity contribution in [2.24, 2.45) is 0 Å². The number of aliphatic hydroxyl groups excluding tert-OH is 1. The fourth-order valence-corrected chi connectivity index (χ4v) is 4.67. The minimum Gasteiger partial charge on any atom is -0.487 e. The number of aromatic nitrogens is 3. The molecule has 0 spiro atoms.